The van der Waals surface area contributed by atoms with Gasteiger partial charge in [-0.25, -0.2) is 0 Å². The molecule has 13 atom stereocenters. The van der Waals surface area contributed by atoms with Crippen LogP contribution in [0.4, 0.5) is 13.2 Å². The summed E-state index contributed by atoms with van der Waals surface area (Å²) in [5, 5.41) is 4.46. The molecule has 26 heteroatoms. The third kappa shape index (κ3) is 16.5. The maximum absolute atomic E-state index is 15.1. The van der Waals surface area contributed by atoms with Crippen LogP contribution in [0.2, 0.25) is 0 Å². The lowest BCUT2D eigenvalue weighted by molar-refractivity contribution is -0.182. The summed E-state index contributed by atoms with van der Waals surface area (Å²) in [4.78, 5) is 172. The fourth-order valence-corrected chi connectivity index (χ4v) is 14.5. The fraction of sp³-hybridized carbons (Fsp3) is 0.828. The largest absolute Gasteiger partial charge is 0.393 e. The molecule has 0 aromatic heterocycles. The van der Waals surface area contributed by atoms with Gasteiger partial charge in [-0.15, -0.1) is 11.6 Å². The second-order valence-electron chi connectivity index (χ2n) is 27.7. The molecule has 3 aliphatic carbocycles. The highest BCUT2D eigenvalue weighted by Gasteiger charge is 2.51. The lowest BCUT2D eigenvalue weighted by atomic mass is 9.78. The van der Waals surface area contributed by atoms with Crippen LogP contribution in [0, 0.1) is 29.6 Å². The number of alkyl halides is 4. The van der Waals surface area contributed by atoms with E-state index in [1.807, 2.05) is 6.92 Å². The van der Waals surface area contributed by atoms with Gasteiger partial charge in [0.25, 0.3) is 0 Å². The molecule has 0 aromatic rings. The highest BCUT2D eigenvalue weighted by Crippen LogP contribution is 2.44. The molecule has 0 bridgehead atoms. The minimum atomic E-state index is -4.49. The first-order valence-corrected chi connectivity index (χ1v) is 33.3. The van der Waals surface area contributed by atoms with Crippen molar-refractivity contribution in [3.8, 4) is 0 Å². The summed E-state index contributed by atoms with van der Waals surface area (Å²) in [5.41, 5.74) is -1.60. The van der Waals surface area contributed by atoms with E-state index in [0.29, 0.717) is 25.7 Å². The summed E-state index contributed by atoms with van der Waals surface area (Å²) < 4.78 is 41.7. The van der Waals surface area contributed by atoms with Gasteiger partial charge in [-0.05, 0) is 129 Å². The Hall–Kier alpha value is -5.75. The molecule has 6 rings (SSSR count). The first kappa shape index (κ1) is 73.3. The summed E-state index contributed by atoms with van der Waals surface area (Å²) in [6.07, 6.45) is 3.51. The quantitative estimate of drug-likeness (QED) is 0.306. The number of halogens is 4. The zero-order valence-corrected chi connectivity index (χ0v) is 56.5. The van der Waals surface area contributed by atoms with Crippen LogP contribution >= 0.6 is 11.6 Å². The third-order valence-electron chi connectivity index (χ3n) is 21.5. The van der Waals surface area contributed by atoms with Gasteiger partial charge in [0.05, 0.1) is 12.5 Å². The van der Waals surface area contributed by atoms with Crippen molar-refractivity contribution < 1.29 is 65.9 Å². The van der Waals surface area contributed by atoms with Gasteiger partial charge >= 0.3 is 6.18 Å². The maximum atomic E-state index is 15.1. The maximum Gasteiger partial charge on any atom is 0.393 e. The predicted octanol–water partition coefficient (Wildman–Crippen LogP) is 5.02. The lowest BCUT2D eigenvalue weighted by Crippen LogP contribution is -2.65. The summed E-state index contributed by atoms with van der Waals surface area (Å²) >= 11 is 6.37. The number of hydrogen-bond donors (Lipinski definition) is 2. The number of carbonyl (C=O) groups is 11. The molecule has 3 saturated heterocycles. The van der Waals surface area contributed by atoms with Crippen LogP contribution in [0.15, 0.2) is 0 Å². The summed E-state index contributed by atoms with van der Waals surface area (Å²) in [6, 6.07) is -9.55. The molecule has 3 unspecified atom stereocenters. The monoisotopic (exact) mass is 1290 g/mol. The van der Waals surface area contributed by atoms with Crippen LogP contribution in [0.1, 0.15) is 170 Å². The Morgan fingerprint density at radius 3 is 1.79 bits per heavy atom. The van der Waals surface area contributed by atoms with Crippen LogP contribution in [0.25, 0.3) is 0 Å². The van der Waals surface area contributed by atoms with Crippen molar-refractivity contribution in [1.82, 2.24) is 54.7 Å². The zero-order valence-electron chi connectivity index (χ0n) is 55.7. The molecule has 22 nitrogen and oxygen atoms in total. The SMILES string of the molecule is CC[C@H](C)[C@@H]1NC(=O)[C@H](C)N(C)C(=O)C[C@@H](C)N(C)C(=O)[C@H](C2CCC2)N(C)C(=O)C(C)(C)N(C)C(=O)[C@@H]2CCCN2C(=O)[C@H](CCC2CCC(C(F)(F)F)C(Cl)C2)NC(=O)CN(C)C(=O)[C@H](CC2CCCCC2)N(C)C(=O)[C@@H]2CCN2C(=O)[C@H](C)N(C)C1=O. The molecule has 90 heavy (non-hydrogen) atoms. The van der Waals surface area contributed by atoms with Gasteiger partial charge in [0.1, 0.15) is 53.9 Å². The first-order chi connectivity index (χ1) is 42.1. The molecule has 508 valence electrons. The number of carbonyl (C=O) groups excluding carboxylic acids is 11. The lowest BCUT2D eigenvalue weighted by Gasteiger charge is -2.45. The molecule has 3 heterocycles. The van der Waals surface area contributed by atoms with Gasteiger partial charge in [-0.2, -0.15) is 13.2 Å². The van der Waals surface area contributed by atoms with Crippen LogP contribution in [-0.4, -0.2) is 250 Å². The van der Waals surface area contributed by atoms with E-state index in [2.05, 4.69) is 10.6 Å². The number of likely N-dealkylation sites (N-methyl/N-ethyl adjacent to an activating group) is 7. The summed E-state index contributed by atoms with van der Waals surface area (Å²) in [7, 11) is 10.3. The minimum Gasteiger partial charge on any atom is -0.343 e. The molecule has 0 spiro atoms. The molecule has 6 aliphatic rings. The van der Waals surface area contributed by atoms with Crippen molar-refractivity contribution in [2.24, 2.45) is 29.6 Å². The molecule has 0 aromatic carbocycles. The number of amides is 11. The van der Waals surface area contributed by atoms with E-state index in [1.54, 1.807) is 34.7 Å². The second kappa shape index (κ2) is 30.8. The molecular formula is C64H103ClF3N11O11. The molecule has 11 amide bonds. The van der Waals surface area contributed by atoms with E-state index in [1.165, 1.54) is 100 Å². The minimum absolute atomic E-state index is 0.0149. The van der Waals surface area contributed by atoms with Crippen LogP contribution < -0.4 is 10.6 Å². The van der Waals surface area contributed by atoms with Crippen molar-refractivity contribution in [2.45, 2.75) is 242 Å². The third-order valence-corrected chi connectivity index (χ3v) is 22.0. The van der Waals surface area contributed by atoms with Gasteiger partial charge in [0.15, 0.2) is 0 Å². The van der Waals surface area contributed by atoms with Crippen molar-refractivity contribution in [1.29, 1.82) is 0 Å². The van der Waals surface area contributed by atoms with Gasteiger partial charge in [0, 0.05) is 80.3 Å². The van der Waals surface area contributed by atoms with Crippen molar-refractivity contribution in [3.63, 3.8) is 0 Å². The number of nitrogens with zero attached hydrogens (tertiary/aromatic N) is 9. The Kier molecular flexibility index (Phi) is 25.1. The normalized spacial score (nSPS) is 32.3. The number of hydrogen-bond acceptors (Lipinski definition) is 11. The first-order valence-electron chi connectivity index (χ1n) is 32.8. The molecule has 0 radical (unpaired) electrons. The van der Waals surface area contributed by atoms with E-state index in [0.717, 1.165) is 38.5 Å². The van der Waals surface area contributed by atoms with Crippen molar-refractivity contribution in [2.75, 3.05) is 69.0 Å². The topological polar surface area (TPSA) is 241 Å². The Balaban J connectivity index is 1.35. The average molecular weight is 1300 g/mol. The van der Waals surface area contributed by atoms with Gasteiger partial charge in [-0.3, -0.25) is 52.7 Å². The number of rotatable bonds is 8. The highest BCUT2D eigenvalue weighted by molar-refractivity contribution is 6.20. The summed E-state index contributed by atoms with van der Waals surface area (Å²) in [5.74, 6) is -8.96. The van der Waals surface area contributed by atoms with E-state index < -0.39 is 155 Å². The zero-order chi connectivity index (χ0) is 67.2. The Labute approximate surface area is 535 Å². The van der Waals surface area contributed by atoms with E-state index in [-0.39, 0.29) is 88.6 Å². The van der Waals surface area contributed by atoms with Gasteiger partial charge in [-0.1, -0.05) is 58.8 Å². The van der Waals surface area contributed by atoms with Crippen LogP contribution in [0.5, 0.6) is 0 Å². The Morgan fingerprint density at radius 2 is 1.22 bits per heavy atom. The number of fused-ring (bicyclic) bond motifs is 2. The molecule has 2 N–H and O–H groups in total. The average Bonchev–Trinajstić information content (AvgIpc) is 1.03. The van der Waals surface area contributed by atoms with Gasteiger partial charge in [0.2, 0.25) is 65.0 Å². The van der Waals surface area contributed by atoms with Crippen LogP contribution in [-0.2, 0) is 52.7 Å². The highest BCUT2D eigenvalue weighted by atomic mass is 35.5. The van der Waals surface area contributed by atoms with Crippen molar-refractivity contribution in [3.05, 3.63) is 0 Å². The fourth-order valence-electron chi connectivity index (χ4n) is 14.0. The Morgan fingerprint density at radius 1 is 0.600 bits per heavy atom. The molecule has 3 aliphatic heterocycles. The molecule has 3 saturated carbocycles. The predicted molar refractivity (Wildman–Crippen MR) is 331 cm³/mol. The van der Waals surface area contributed by atoms with Crippen molar-refractivity contribution >= 4 is 76.6 Å². The smallest absolute Gasteiger partial charge is 0.343 e. The van der Waals surface area contributed by atoms with E-state index in [9.17, 15) is 61.1 Å². The Bertz CT molecular complexity index is 2640. The number of nitrogens with one attached hydrogen (secondary N) is 2. The van der Waals surface area contributed by atoms with Gasteiger partial charge < -0.3 is 54.7 Å². The molecule has 6 fully saturated rings. The van der Waals surface area contributed by atoms with E-state index in [4.69, 9.17) is 11.6 Å². The summed E-state index contributed by atoms with van der Waals surface area (Å²) in [6.45, 7) is 11.2. The second-order valence-corrected chi connectivity index (χ2v) is 28.2. The van der Waals surface area contributed by atoms with E-state index >= 15 is 4.79 Å². The molecular weight excluding hydrogens is 1190 g/mol. The standard InChI is InChI=1S/C64H103ClF3N11O11/c1-15-37(2)52-60(88)74(11)40(5)55(83)79-32-30-48(79)58(86)75(12)49(35-41-21-17-16-18-22-41)57(85)71(8)36-50(80)69-46(29-27-42-26-28-44(45(65)34-42)64(66,67)68)56(84)78-31-20-25-47(78)59(87)77(14)63(6,7)62(90)76(13)53(43-23-19-24-43)61(89)72(9)38(3)33-51(81)73(10)39(4)54(82)70-52/h37-49,52-53H,15-36H2,1-14H3,(H,69,80)(H,70,82)/t37-,38+,39-,40-,42?,44?,45?,46-,47-,48-,49-,52-,53-/m0/s1. The van der Waals surface area contributed by atoms with Crippen LogP contribution in [0.3, 0.4) is 0 Å².